The van der Waals surface area contributed by atoms with Crippen molar-refractivity contribution >= 4 is 38.4 Å². The lowest BCUT2D eigenvalue weighted by Gasteiger charge is -2.35. The van der Waals surface area contributed by atoms with E-state index in [0.29, 0.717) is 0 Å². The molecule has 6 nitrogen and oxygen atoms in total. The van der Waals surface area contributed by atoms with E-state index in [9.17, 15) is 4.79 Å². The first kappa shape index (κ1) is 20.9. The molecule has 0 bridgehead atoms. The molecule has 172 valence electrons. The van der Waals surface area contributed by atoms with Crippen LogP contribution >= 0.6 is 11.3 Å². The number of hydrogen-bond acceptors (Lipinski definition) is 4. The summed E-state index contributed by atoms with van der Waals surface area (Å²) in [5.41, 5.74) is 4.72. The molecule has 1 aromatic carbocycles. The van der Waals surface area contributed by atoms with Gasteiger partial charge in [0.05, 0.1) is 15.9 Å². The van der Waals surface area contributed by atoms with Gasteiger partial charge in [-0.2, -0.15) is 5.10 Å². The number of nitrogens with zero attached hydrogens (tertiary/aromatic N) is 3. The fourth-order valence-corrected chi connectivity index (χ4v) is 6.36. The first-order chi connectivity index (χ1) is 16.2. The summed E-state index contributed by atoms with van der Waals surface area (Å²) in [6.45, 7) is 4.81. The van der Waals surface area contributed by atoms with Gasteiger partial charge in [-0.1, -0.05) is 38.2 Å². The lowest BCUT2D eigenvalue weighted by molar-refractivity contribution is 0.0627. The van der Waals surface area contributed by atoms with Gasteiger partial charge in [0.15, 0.2) is 0 Å². The number of carbonyl (C=O) groups is 1. The third-order valence-corrected chi connectivity index (χ3v) is 8.45. The van der Waals surface area contributed by atoms with Gasteiger partial charge in [-0.3, -0.25) is 14.8 Å². The predicted octanol–water partition coefficient (Wildman–Crippen LogP) is 5.50. The number of hydrogen-bond donors (Lipinski definition) is 2. The lowest BCUT2D eigenvalue weighted by Crippen LogP contribution is -2.49. The van der Waals surface area contributed by atoms with Crippen molar-refractivity contribution < 1.29 is 4.79 Å². The zero-order valence-corrected chi connectivity index (χ0v) is 19.8. The minimum atomic E-state index is 0.139. The summed E-state index contributed by atoms with van der Waals surface area (Å²) in [5, 5.41) is 10.7. The summed E-state index contributed by atoms with van der Waals surface area (Å²) in [5.74, 6) is 1.06. The third-order valence-electron chi connectivity index (χ3n) is 7.53. The van der Waals surface area contributed by atoms with E-state index in [4.69, 9.17) is 0 Å². The minimum Gasteiger partial charge on any atom is -0.353 e. The summed E-state index contributed by atoms with van der Waals surface area (Å²) in [6.07, 6.45) is 8.42. The zero-order chi connectivity index (χ0) is 22.2. The van der Waals surface area contributed by atoms with Crippen LogP contribution in [0.4, 0.5) is 0 Å². The van der Waals surface area contributed by atoms with Crippen LogP contribution in [0.5, 0.6) is 0 Å². The molecule has 0 spiro atoms. The summed E-state index contributed by atoms with van der Waals surface area (Å²) >= 11 is 1.69. The molecular weight excluding hydrogens is 430 g/mol. The van der Waals surface area contributed by atoms with Crippen LogP contribution in [0.1, 0.15) is 48.9 Å². The van der Waals surface area contributed by atoms with Gasteiger partial charge in [0.25, 0.3) is 5.91 Å². The third kappa shape index (κ3) is 4.20. The Balaban J connectivity index is 1.10. The topological polar surface area (TPSA) is 68.0 Å². The van der Waals surface area contributed by atoms with Gasteiger partial charge >= 0.3 is 0 Å². The summed E-state index contributed by atoms with van der Waals surface area (Å²) < 4.78 is 1.15. The molecule has 1 aliphatic heterocycles. The van der Waals surface area contributed by atoms with Gasteiger partial charge in [-0.25, -0.2) is 0 Å². The van der Waals surface area contributed by atoms with Gasteiger partial charge in [0, 0.05) is 42.6 Å². The van der Waals surface area contributed by atoms with Crippen LogP contribution in [0, 0.1) is 5.92 Å². The van der Waals surface area contributed by atoms with Crippen LogP contribution in [0.2, 0.25) is 0 Å². The van der Waals surface area contributed by atoms with Crippen LogP contribution in [0.15, 0.2) is 35.7 Å². The minimum absolute atomic E-state index is 0.139. The highest BCUT2D eigenvalue weighted by Gasteiger charge is 2.23. The maximum atomic E-state index is 13.2. The van der Waals surface area contributed by atoms with Crippen molar-refractivity contribution in [2.75, 3.05) is 32.7 Å². The van der Waals surface area contributed by atoms with Crippen molar-refractivity contribution in [1.82, 2.24) is 25.0 Å². The average Bonchev–Trinajstić information content (AvgIpc) is 3.58. The van der Waals surface area contributed by atoms with Crippen molar-refractivity contribution in [3.05, 3.63) is 41.3 Å². The number of nitrogens with one attached hydrogen (secondary N) is 2. The lowest BCUT2D eigenvalue weighted by atomic mass is 9.87. The van der Waals surface area contributed by atoms with Gasteiger partial charge in [-0.05, 0) is 48.5 Å². The Bertz CT molecular complexity index is 1260. The van der Waals surface area contributed by atoms with E-state index in [2.05, 4.69) is 31.5 Å². The Hall–Kier alpha value is -2.64. The number of fused-ring (bicyclic) bond motifs is 2. The first-order valence-corrected chi connectivity index (χ1v) is 13.2. The molecule has 33 heavy (non-hydrogen) atoms. The molecule has 1 aliphatic carbocycles. The van der Waals surface area contributed by atoms with Gasteiger partial charge in [0.2, 0.25) is 0 Å². The summed E-state index contributed by atoms with van der Waals surface area (Å²) in [6, 6.07) is 10.2. The maximum absolute atomic E-state index is 13.2. The molecule has 0 radical (unpaired) electrons. The molecule has 1 amide bonds. The SMILES string of the molecule is O=C(c1ccc2cc(-c3n[nH]c4ccsc34)[nH]c2c1)N1CCN(CCC2CCCCC2)CC1. The second kappa shape index (κ2) is 8.95. The van der Waals surface area contributed by atoms with E-state index in [1.807, 2.05) is 29.2 Å². The largest absolute Gasteiger partial charge is 0.353 e. The smallest absolute Gasteiger partial charge is 0.254 e. The molecule has 7 heteroatoms. The van der Waals surface area contributed by atoms with Crippen molar-refractivity contribution in [3.8, 4) is 11.4 Å². The second-order valence-corrected chi connectivity index (χ2v) is 10.6. The number of thiophene rings is 1. The highest BCUT2D eigenvalue weighted by atomic mass is 32.1. The number of piperazine rings is 1. The van der Waals surface area contributed by atoms with E-state index in [1.165, 1.54) is 45.1 Å². The highest BCUT2D eigenvalue weighted by Crippen LogP contribution is 2.32. The molecule has 4 aromatic rings. The van der Waals surface area contributed by atoms with Gasteiger partial charge in [-0.15, -0.1) is 11.3 Å². The number of aromatic amines is 2. The molecule has 1 saturated heterocycles. The first-order valence-electron chi connectivity index (χ1n) is 12.3. The van der Waals surface area contributed by atoms with Crippen molar-refractivity contribution in [1.29, 1.82) is 0 Å². The Morgan fingerprint density at radius 3 is 2.73 bits per heavy atom. The number of benzene rings is 1. The Morgan fingerprint density at radius 1 is 1.03 bits per heavy atom. The van der Waals surface area contributed by atoms with Gasteiger partial charge < -0.3 is 9.88 Å². The Morgan fingerprint density at radius 2 is 1.88 bits per heavy atom. The number of amides is 1. The standard InChI is InChI=1S/C26H31N5OS/c32-26(31-13-11-30(12-14-31)10-8-18-4-2-1-3-5-18)20-7-6-19-16-23(27-22(19)17-20)24-25-21(28-29-24)9-15-33-25/h6-7,9,15-18,27H,1-5,8,10-14H2,(H,28,29). The Kier molecular flexibility index (Phi) is 5.68. The van der Waals surface area contributed by atoms with E-state index in [-0.39, 0.29) is 5.91 Å². The molecule has 2 fully saturated rings. The quantitative estimate of drug-likeness (QED) is 0.412. The monoisotopic (exact) mass is 461 g/mol. The molecule has 0 unspecified atom stereocenters. The average molecular weight is 462 g/mol. The Labute approximate surface area is 198 Å². The fourth-order valence-electron chi connectivity index (χ4n) is 5.52. The number of carbonyl (C=O) groups excluding carboxylic acids is 1. The van der Waals surface area contributed by atoms with E-state index < -0.39 is 0 Å². The van der Waals surface area contributed by atoms with E-state index in [0.717, 1.165) is 70.2 Å². The fraction of sp³-hybridized carbons (Fsp3) is 0.462. The normalized spacial score (nSPS) is 18.5. The molecule has 0 atom stereocenters. The van der Waals surface area contributed by atoms with Crippen LogP contribution in [0.3, 0.4) is 0 Å². The van der Waals surface area contributed by atoms with Crippen molar-refractivity contribution in [3.63, 3.8) is 0 Å². The molecule has 3 aromatic heterocycles. The number of rotatable bonds is 5. The summed E-state index contributed by atoms with van der Waals surface area (Å²) in [4.78, 5) is 21.3. The van der Waals surface area contributed by atoms with E-state index >= 15 is 0 Å². The van der Waals surface area contributed by atoms with Crippen molar-refractivity contribution in [2.45, 2.75) is 38.5 Å². The predicted molar refractivity (Wildman–Crippen MR) is 135 cm³/mol. The number of aromatic nitrogens is 3. The highest BCUT2D eigenvalue weighted by molar-refractivity contribution is 7.17. The van der Waals surface area contributed by atoms with Crippen LogP contribution < -0.4 is 0 Å². The number of H-pyrrole nitrogens is 2. The molecule has 1 saturated carbocycles. The molecular formula is C26H31N5OS. The summed E-state index contributed by atoms with van der Waals surface area (Å²) in [7, 11) is 0. The van der Waals surface area contributed by atoms with Gasteiger partial charge in [0.1, 0.15) is 5.69 Å². The maximum Gasteiger partial charge on any atom is 0.254 e. The molecule has 2 N–H and O–H groups in total. The van der Waals surface area contributed by atoms with Crippen molar-refractivity contribution in [2.24, 2.45) is 5.92 Å². The van der Waals surface area contributed by atoms with Crippen LogP contribution in [-0.2, 0) is 0 Å². The zero-order valence-electron chi connectivity index (χ0n) is 19.0. The molecule has 6 rings (SSSR count). The second-order valence-electron chi connectivity index (χ2n) is 9.65. The molecule has 4 heterocycles. The molecule has 2 aliphatic rings. The van der Waals surface area contributed by atoms with Crippen LogP contribution in [0.25, 0.3) is 32.5 Å². The van der Waals surface area contributed by atoms with Crippen LogP contribution in [-0.4, -0.2) is 63.6 Å². The van der Waals surface area contributed by atoms with E-state index in [1.54, 1.807) is 11.3 Å².